The zero-order valence-corrected chi connectivity index (χ0v) is 9.56. The van der Waals surface area contributed by atoms with Crippen LogP contribution in [-0.2, 0) is 6.42 Å². The zero-order chi connectivity index (χ0) is 12.3. The molecule has 1 aromatic carbocycles. The molecule has 94 valence electrons. The first-order chi connectivity index (χ1) is 8.06. The monoisotopic (exact) mass is 243 g/mol. The molecule has 0 amide bonds. The van der Waals surface area contributed by atoms with E-state index < -0.39 is 12.7 Å². The molecule has 17 heavy (non-hydrogen) atoms. The van der Waals surface area contributed by atoms with Crippen LogP contribution in [0.4, 0.5) is 13.2 Å². The van der Waals surface area contributed by atoms with Crippen LogP contribution in [0.25, 0.3) is 0 Å². The first-order valence-corrected chi connectivity index (χ1v) is 5.94. The van der Waals surface area contributed by atoms with Crippen molar-refractivity contribution in [1.82, 2.24) is 5.32 Å². The molecule has 0 heterocycles. The Bertz CT molecular complexity index is 373. The Morgan fingerprint density at radius 1 is 1.18 bits per heavy atom. The quantitative estimate of drug-likeness (QED) is 0.782. The number of aryl methyl sites for hydroxylation is 1. The molecule has 1 unspecified atom stereocenters. The Morgan fingerprint density at radius 2 is 1.94 bits per heavy atom. The Kier molecular flexibility index (Phi) is 3.72. The van der Waals surface area contributed by atoms with Crippen molar-refractivity contribution in [2.75, 3.05) is 6.54 Å². The van der Waals surface area contributed by atoms with Gasteiger partial charge in [0.25, 0.3) is 0 Å². The van der Waals surface area contributed by atoms with Crippen molar-refractivity contribution in [2.45, 2.75) is 37.9 Å². The minimum atomic E-state index is -4.14. The van der Waals surface area contributed by atoms with E-state index in [-0.39, 0.29) is 6.04 Å². The Labute approximate surface area is 99.0 Å². The molecule has 0 saturated heterocycles. The van der Waals surface area contributed by atoms with Crippen LogP contribution >= 0.6 is 0 Å². The summed E-state index contributed by atoms with van der Waals surface area (Å²) in [5.74, 6) is 0. The number of nitrogens with one attached hydrogen (secondary N) is 1. The van der Waals surface area contributed by atoms with E-state index >= 15 is 0 Å². The molecule has 1 aliphatic carbocycles. The molecular weight excluding hydrogens is 227 g/mol. The standard InChI is InChI=1S/C13H16F3N/c14-13(15,16)9-17-12-8-4-2-6-10-5-1-3-7-11(10)12/h1,3,5,7,12,17H,2,4,6,8-9H2. The largest absolute Gasteiger partial charge is 0.401 e. The lowest BCUT2D eigenvalue weighted by Crippen LogP contribution is -2.32. The highest BCUT2D eigenvalue weighted by atomic mass is 19.4. The van der Waals surface area contributed by atoms with Gasteiger partial charge in [-0.3, -0.25) is 0 Å². The van der Waals surface area contributed by atoms with E-state index in [1.807, 2.05) is 24.3 Å². The molecular formula is C13H16F3N. The highest BCUT2D eigenvalue weighted by Gasteiger charge is 2.29. The molecule has 1 atom stereocenters. The van der Waals surface area contributed by atoms with Crippen molar-refractivity contribution in [2.24, 2.45) is 0 Å². The highest BCUT2D eigenvalue weighted by Crippen LogP contribution is 2.29. The molecule has 0 saturated carbocycles. The molecule has 4 heteroatoms. The van der Waals surface area contributed by atoms with E-state index in [2.05, 4.69) is 5.32 Å². The lowest BCUT2D eigenvalue weighted by atomic mass is 9.99. The summed E-state index contributed by atoms with van der Waals surface area (Å²) in [6.07, 6.45) is -0.347. The Hall–Kier alpha value is -1.03. The van der Waals surface area contributed by atoms with Crippen molar-refractivity contribution >= 4 is 0 Å². The van der Waals surface area contributed by atoms with Gasteiger partial charge in [0.2, 0.25) is 0 Å². The number of benzene rings is 1. The van der Waals surface area contributed by atoms with E-state index in [0.29, 0.717) is 0 Å². The molecule has 1 N–H and O–H groups in total. The van der Waals surface area contributed by atoms with E-state index in [1.54, 1.807) is 0 Å². The van der Waals surface area contributed by atoms with Crippen molar-refractivity contribution in [3.05, 3.63) is 35.4 Å². The maximum atomic E-state index is 12.2. The van der Waals surface area contributed by atoms with Crippen LogP contribution in [0.2, 0.25) is 0 Å². The van der Waals surface area contributed by atoms with Gasteiger partial charge >= 0.3 is 6.18 Å². The number of rotatable bonds is 2. The van der Waals surface area contributed by atoms with Gasteiger partial charge in [0.05, 0.1) is 6.54 Å². The summed E-state index contributed by atoms with van der Waals surface area (Å²) in [6.45, 7) is -0.911. The normalized spacial score (nSPS) is 20.8. The average Bonchev–Trinajstić information content (AvgIpc) is 2.47. The van der Waals surface area contributed by atoms with Crippen LogP contribution in [0.3, 0.4) is 0 Å². The zero-order valence-electron chi connectivity index (χ0n) is 9.56. The molecule has 0 spiro atoms. The van der Waals surface area contributed by atoms with Gasteiger partial charge in [0.15, 0.2) is 0 Å². The molecule has 0 bridgehead atoms. The first-order valence-electron chi connectivity index (χ1n) is 5.94. The van der Waals surface area contributed by atoms with E-state index in [1.165, 1.54) is 5.56 Å². The molecule has 1 aromatic rings. The maximum absolute atomic E-state index is 12.2. The number of fused-ring (bicyclic) bond motifs is 1. The van der Waals surface area contributed by atoms with E-state index in [0.717, 1.165) is 31.2 Å². The highest BCUT2D eigenvalue weighted by molar-refractivity contribution is 5.31. The van der Waals surface area contributed by atoms with E-state index in [9.17, 15) is 13.2 Å². The Balaban J connectivity index is 2.12. The first kappa shape index (κ1) is 12.4. The fourth-order valence-electron chi connectivity index (χ4n) is 2.37. The van der Waals surface area contributed by atoms with Crippen LogP contribution in [0.15, 0.2) is 24.3 Å². The topological polar surface area (TPSA) is 12.0 Å². The van der Waals surface area contributed by atoms with Crippen LogP contribution in [0, 0.1) is 0 Å². The smallest absolute Gasteiger partial charge is 0.302 e. The van der Waals surface area contributed by atoms with Crippen LogP contribution in [-0.4, -0.2) is 12.7 Å². The van der Waals surface area contributed by atoms with Crippen molar-refractivity contribution < 1.29 is 13.2 Å². The van der Waals surface area contributed by atoms with Crippen molar-refractivity contribution in [1.29, 1.82) is 0 Å². The lowest BCUT2D eigenvalue weighted by molar-refractivity contribution is -0.126. The number of alkyl halides is 3. The summed E-state index contributed by atoms with van der Waals surface area (Å²) >= 11 is 0. The molecule has 1 nitrogen and oxygen atoms in total. The van der Waals surface area contributed by atoms with Gasteiger partial charge in [-0.15, -0.1) is 0 Å². The van der Waals surface area contributed by atoms with Crippen molar-refractivity contribution in [3.63, 3.8) is 0 Å². The maximum Gasteiger partial charge on any atom is 0.401 e. The average molecular weight is 243 g/mol. The fraction of sp³-hybridized carbons (Fsp3) is 0.538. The number of hydrogen-bond acceptors (Lipinski definition) is 1. The van der Waals surface area contributed by atoms with Gasteiger partial charge < -0.3 is 5.32 Å². The fourth-order valence-corrected chi connectivity index (χ4v) is 2.37. The van der Waals surface area contributed by atoms with Crippen LogP contribution in [0.1, 0.15) is 36.4 Å². The summed E-state index contributed by atoms with van der Waals surface area (Å²) in [5.41, 5.74) is 2.22. The number of hydrogen-bond donors (Lipinski definition) is 1. The third-order valence-electron chi connectivity index (χ3n) is 3.17. The summed E-state index contributed by atoms with van der Waals surface area (Å²) in [4.78, 5) is 0. The molecule has 0 aromatic heterocycles. The van der Waals surface area contributed by atoms with Crippen LogP contribution in [0.5, 0.6) is 0 Å². The second kappa shape index (κ2) is 5.08. The third-order valence-corrected chi connectivity index (χ3v) is 3.17. The van der Waals surface area contributed by atoms with Gasteiger partial charge in [0, 0.05) is 6.04 Å². The van der Waals surface area contributed by atoms with Crippen LogP contribution < -0.4 is 5.32 Å². The molecule has 0 radical (unpaired) electrons. The summed E-state index contributed by atoms with van der Waals surface area (Å²) < 4.78 is 36.7. The van der Waals surface area contributed by atoms with Gasteiger partial charge in [-0.2, -0.15) is 13.2 Å². The van der Waals surface area contributed by atoms with Crippen molar-refractivity contribution in [3.8, 4) is 0 Å². The second-order valence-electron chi connectivity index (χ2n) is 4.49. The summed E-state index contributed by atoms with van der Waals surface area (Å²) in [5, 5.41) is 2.63. The minimum absolute atomic E-state index is 0.157. The van der Waals surface area contributed by atoms with Gasteiger partial charge in [-0.25, -0.2) is 0 Å². The SMILES string of the molecule is FC(F)(F)CNC1CCCCc2ccccc21. The second-order valence-corrected chi connectivity index (χ2v) is 4.49. The predicted molar refractivity (Wildman–Crippen MR) is 60.8 cm³/mol. The summed E-state index contributed by atoms with van der Waals surface area (Å²) in [6, 6.07) is 7.64. The molecule has 1 aliphatic rings. The number of halogens is 3. The molecule has 0 aliphatic heterocycles. The molecule has 2 rings (SSSR count). The van der Waals surface area contributed by atoms with Gasteiger partial charge in [-0.05, 0) is 30.4 Å². The van der Waals surface area contributed by atoms with E-state index in [4.69, 9.17) is 0 Å². The minimum Gasteiger partial charge on any atom is -0.302 e. The van der Waals surface area contributed by atoms with Gasteiger partial charge in [0.1, 0.15) is 0 Å². The Morgan fingerprint density at radius 3 is 2.71 bits per heavy atom. The lowest BCUT2D eigenvalue weighted by Gasteiger charge is -2.20. The predicted octanol–water partition coefficient (Wildman–Crippen LogP) is 3.61. The third kappa shape index (κ3) is 3.46. The van der Waals surface area contributed by atoms with Gasteiger partial charge in [-0.1, -0.05) is 30.7 Å². The summed E-state index contributed by atoms with van der Waals surface area (Å²) in [7, 11) is 0. The molecule has 0 fully saturated rings.